The third-order valence-electron chi connectivity index (χ3n) is 1.61. The second-order valence-corrected chi connectivity index (χ2v) is 4.08. The number of rotatable bonds is 0. The highest BCUT2D eigenvalue weighted by atomic mass is 32.2. The minimum absolute atomic E-state index is 0.0396. The van der Waals surface area contributed by atoms with Gasteiger partial charge in [-0.15, -0.1) is 0 Å². The molecule has 0 bridgehead atoms. The molecule has 0 aliphatic carbocycles. The van der Waals surface area contributed by atoms with Crippen LogP contribution in [-0.2, 0) is 14.8 Å². The summed E-state index contributed by atoms with van der Waals surface area (Å²) in [4.78, 5) is 22.1. The summed E-state index contributed by atoms with van der Waals surface area (Å²) in [6, 6.07) is -0.847. The van der Waals surface area contributed by atoms with Crippen LogP contribution in [0, 0.1) is 0 Å². The molecule has 0 aromatic carbocycles. The highest BCUT2D eigenvalue weighted by Crippen LogP contribution is 2.08. The quantitative estimate of drug-likeness (QED) is 0.466. The Morgan fingerprint density at radius 3 is 2.86 bits per heavy atom. The standard InChI is InChI=1S/C5H5N5O3S/c6-14(12,13)5-9-3-2(4(11)10-5)7-1-8-3/h1-2H,(H2,6,12,13)(H,7,8,9,10,11). The first kappa shape index (κ1) is 8.97. The Labute approximate surface area is 78.7 Å². The SMILES string of the molecule is NS(=O)(=O)C1=NC2=NC=NC2C(=O)N1. The van der Waals surface area contributed by atoms with Crippen molar-refractivity contribution in [1.82, 2.24) is 5.32 Å². The number of fused-ring (bicyclic) bond motifs is 1. The zero-order valence-electron chi connectivity index (χ0n) is 6.71. The molecular formula is C5H5N5O3S. The second kappa shape index (κ2) is 2.69. The number of hydrogen-bond donors (Lipinski definition) is 2. The number of nitrogens with zero attached hydrogens (tertiary/aromatic N) is 3. The van der Waals surface area contributed by atoms with Crippen LogP contribution in [0.4, 0.5) is 0 Å². The van der Waals surface area contributed by atoms with Crippen molar-refractivity contribution in [2.45, 2.75) is 6.04 Å². The normalized spacial score (nSPS) is 25.2. The fourth-order valence-electron chi connectivity index (χ4n) is 1.01. The molecule has 0 fully saturated rings. The number of amidine groups is 2. The number of nitrogens with one attached hydrogen (secondary N) is 1. The van der Waals surface area contributed by atoms with Crippen LogP contribution in [0.5, 0.6) is 0 Å². The average Bonchev–Trinajstić information content (AvgIpc) is 2.50. The van der Waals surface area contributed by atoms with Crippen molar-refractivity contribution in [3.63, 3.8) is 0 Å². The van der Waals surface area contributed by atoms with Gasteiger partial charge < -0.3 is 0 Å². The Balaban J connectivity index is 2.47. The molecule has 1 amide bonds. The summed E-state index contributed by atoms with van der Waals surface area (Å²) in [5, 5.41) is 6.22. The van der Waals surface area contributed by atoms with Crippen molar-refractivity contribution in [2.75, 3.05) is 0 Å². The summed E-state index contributed by atoms with van der Waals surface area (Å²) in [5.41, 5.74) is 0. The van der Waals surface area contributed by atoms with E-state index in [9.17, 15) is 13.2 Å². The van der Waals surface area contributed by atoms with Crippen LogP contribution in [-0.4, -0.2) is 37.7 Å². The second-order valence-electron chi connectivity index (χ2n) is 2.61. The van der Waals surface area contributed by atoms with Gasteiger partial charge in [0.05, 0.1) is 0 Å². The van der Waals surface area contributed by atoms with Crippen molar-refractivity contribution in [3.8, 4) is 0 Å². The van der Waals surface area contributed by atoms with E-state index in [2.05, 4.69) is 15.0 Å². The van der Waals surface area contributed by atoms with Crippen molar-refractivity contribution in [3.05, 3.63) is 0 Å². The summed E-state index contributed by atoms with van der Waals surface area (Å²) in [7, 11) is -4.02. The lowest BCUT2D eigenvalue weighted by atomic mass is 10.2. The number of amides is 1. The Morgan fingerprint density at radius 2 is 2.21 bits per heavy atom. The molecule has 2 heterocycles. The summed E-state index contributed by atoms with van der Waals surface area (Å²) in [6.45, 7) is 0. The molecule has 3 N–H and O–H groups in total. The van der Waals surface area contributed by atoms with Gasteiger partial charge in [-0.2, -0.15) is 0 Å². The van der Waals surface area contributed by atoms with Gasteiger partial charge in [0.1, 0.15) is 6.34 Å². The smallest absolute Gasteiger partial charge is 0.271 e. The van der Waals surface area contributed by atoms with Gasteiger partial charge in [-0.05, 0) is 0 Å². The maximum absolute atomic E-state index is 11.2. The lowest BCUT2D eigenvalue weighted by molar-refractivity contribution is -0.119. The number of primary sulfonamides is 1. The maximum atomic E-state index is 11.2. The fourth-order valence-corrected chi connectivity index (χ4v) is 1.48. The van der Waals surface area contributed by atoms with Crippen LogP contribution >= 0.6 is 0 Å². The monoisotopic (exact) mass is 215 g/mol. The highest BCUT2D eigenvalue weighted by molar-refractivity contribution is 8.04. The molecule has 2 aliphatic heterocycles. The Hall–Kier alpha value is -1.61. The Kier molecular flexibility index (Phi) is 1.72. The first-order chi connectivity index (χ1) is 6.48. The van der Waals surface area contributed by atoms with Crippen molar-refractivity contribution >= 4 is 33.3 Å². The number of nitrogens with two attached hydrogens (primary N) is 1. The molecule has 2 aliphatic rings. The highest BCUT2D eigenvalue weighted by Gasteiger charge is 2.34. The zero-order valence-corrected chi connectivity index (χ0v) is 7.52. The van der Waals surface area contributed by atoms with Crippen LogP contribution < -0.4 is 10.5 Å². The van der Waals surface area contributed by atoms with Gasteiger partial charge in [0.15, 0.2) is 11.9 Å². The lowest BCUT2D eigenvalue weighted by Crippen LogP contribution is -2.50. The third-order valence-corrected chi connectivity index (χ3v) is 2.35. The molecule has 0 aromatic heterocycles. The molecule has 14 heavy (non-hydrogen) atoms. The van der Waals surface area contributed by atoms with Crippen molar-refractivity contribution in [2.24, 2.45) is 20.1 Å². The topological polar surface area (TPSA) is 126 Å². The number of hydrogen-bond acceptors (Lipinski definition) is 6. The first-order valence-electron chi connectivity index (χ1n) is 3.50. The van der Waals surface area contributed by atoms with E-state index in [1.165, 1.54) is 0 Å². The van der Waals surface area contributed by atoms with Gasteiger partial charge in [0.25, 0.3) is 15.9 Å². The molecule has 0 spiro atoms. The summed E-state index contributed by atoms with van der Waals surface area (Å²) >= 11 is 0. The average molecular weight is 215 g/mol. The first-order valence-corrected chi connectivity index (χ1v) is 5.05. The zero-order chi connectivity index (χ0) is 10.3. The van der Waals surface area contributed by atoms with Gasteiger partial charge >= 0.3 is 0 Å². The third kappa shape index (κ3) is 1.32. The van der Waals surface area contributed by atoms with Gasteiger partial charge in [-0.1, -0.05) is 0 Å². The van der Waals surface area contributed by atoms with E-state index in [0.29, 0.717) is 0 Å². The van der Waals surface area contributed by atoms with Crippen LogP contribution in [0.15, 0.2) is 15.0 Å². The minimum Gasteiger partial charge on any atom is -0.297 e. The number of sulfonamides is 1. The molecule has 0 radical (unpaired) electrons. The molecule has 0 aromatic rings. The largest absolute Gasteiger partial charge is 0.297 e. The lowest BCUT2D eigenvalue weighted by Gasteiger charge is -2.15. The maximum Gasteiger partial charge on any atom is 0.271 e. The Bertz CT molecular complexity index is 487. The van der Waals surface area contributed by atoms with Crippen LogP contribution in [0.3, 0.4) is 0 Å². The van der Waals surface area contributed by atoms with Gasteiger partial charge in [0.2, 0.25) is 5.17 Å². The predicted octanol–water partition coefficient (Wildman–Crippen LogP) is -2.43. The molecule has 0 saturated heterocycles. The summed E-state index contributed by atoms with van der Waals surface area (Å²) in [6.07, 6.45) is 1.15. The molecule has 2 rings (SSSR count). The molecular weight excluding hydrogens is 210 g/mol. The van der Waals surface area contributed by atoms with Gasteiger partial charge in [-0.25, -0.2) is 23.5 Å². The summed E-state index contributed by atoms with van der Waals surface area (Å²) in [5.74, 6) is -0.561. The molecule has 74 valence electrons. The number of carbonyl (C=O) groups is 1. The minimum atomic E-state index is -4.02. The van der Waals surface area contributed by atoms with Gasteiger partial charge in [0, 0.05) is 0 Å². The molecule has 1 unspecified atom stereocenters. The van der Waals surface area contributed by atoms with E-state index in [-0.39, 0.29) is 5.84 Å². The predicted molar refractivity (Wildman–Crippen MR) is 48.4 cm³/mol. The fraction of sp³-hybridized carbons (Fsp3) is 0.200. The number of carbonyl (C=O) groups excluding carboxylic acids is 1. The van der Waals surface area contributed by atoms with Crippen molar-refractivity contribution in [1.29, 1.82) is 0 Å². The Morgan fingerprint density at radius 1 is 1.50 bits per heavy atom. The summed E-state index contributed by atoms with van der Waals surface area (Å²) < 4.78 is 21.7. The van der Waals surface area contributed by atoms with Crippen LogP contribution in [0.1, 0.15) is 0 Å². The van der Waals surface area contributed by atoms with E-state index >= 15 is 0 Å². The molecule has 8 nitrogen and oxygen atoms in total. The van der Waals surface area contributed by atoms with Crippen LogP contribution in [0.25, 0.3) is 0 Å². The molecule has 0 saturated carbocycles. The van der Waals surface area contributed by atoms with E-state index in [1.54, 1.807) is 0 Å². The molecule has 9 heteroatoms. The van der Waals surface area contributed by atoms with Crippen LogP contribution in [0.2, 0.25) is 0 Å². The number of aliphatic imine (C=N–C) groups is 3. The molecule has 1 atom stereocenters. The van der Waals surface area contributed by atoms with Crippen molar-refractivity contribution < 1.29 is 13.2 Å². The van der Waals surface area contributed by atoms with E-state index < -0.39 is 27.1 Å². The van der Waals surface area contributed by atoms with Gasteiger partial charge in [-0.3, -0.25) is 15.1 Å². The van der Waals surface area contributed by atoms with E-state index in [0.717, 1.165) is 6.34 Å². The van der Waals surface area contributed by atoms with E-state index in [4.69, 9.17) is 5.14 Å². The van der Waals surface area contributed by atoms with E-state index in [1.807, 2.05) is 5.32 Å².